The van der Waals surface area contributed by atoms with Crippen molar-refractivity contribution in [3.8, 4) is 5.75 Å². The predicted octanol–water partition coefficient (Wildman–Crippen LogP) is 1.96. The number of hydrogen-bond donors (Lipinski definition) is 0. The van der Waals surface area contributed by atoms with Gasteiger partial charge in [0.15, 0.2) is 6.61 Å². The second-order valence-corrected chi connectivity index (χ2v) is 8.20. The van der Waals surface area contributed by atoms with E-state index in [2.05, 4.69) is 4.98 Å². The fourth-order valence-electron chi connectivity index (χ4n) is 4.22. The van der Waals surface area contributed by atoms with E-state index >= 15 is 0 Å². The van der Waals surface area contributed by atoms with Crippen LogP contribution in [0.5, 0.6) is 5.75 Å². The number of nitrogens with zero attached hydrogens (tertiary/aromatic N) is 5. The molecule has 0 atom stereocenters. The van der Waals surface area contributed by atoms with Gasteiger partial charge < -0.3 is 19.4 Å². The van der Waals surface area contributed by atoms with Crippen molar-refractivity contribution in [2.24, 2.45) is 5.92 Å². The van der Waals surface area contributed by atoms with Crippen LogP contribution in [0.3, 0.4) is 0 Å². The average molecular weight is 453 g/mol. The molecule has 2 aliphatic heterocycles. The lowest BCUT2D eigenvalue weighted by molar-refractivity contribution is -0.385. The van der Waals surface area contributed by atoms with Crippen LogP contribution in [0.2, 0.25) is 0 Å². The van der Waals surface area contributed by atoms with Crippen LogP contribution in [0.15, 0.2) is 48.7 Å². The highest BCUT2D eigenvalue weighted by atomic mass is 16.6. The normalized spacial score (nSPS) is 17.0. The molecule has 2 saturated heterocycles. The minimum absolute atomic E-state index is 0.00126. The number of piperidine rings is 1. The van der Waals surface area contributed by atoms with E-state index in [1.807, 2.05) is 40.1 Å². The molecule has 4 rings (SSSR count). The summed E-state index contributed by atoms with van der Waals surface area (Å²) in [5, 5.41) is 10.8. The fraction of sp³-hybridized carbons (Fsp3) is 0.435. The molecule has 33 heavy (non-hydrogen) atoms. The largest absolute Gasteiger partial charge is 0.484 e. The summed E-state index contributed by atoms with van der Waals surface area (Å²) in [5.41, 5.74) is -0.0379. The van der Waals surface area contributed by atoms with Gasteiger partial charge >= 0.3 is 0 Å². The summed E-state index contributed by atoms with van der Waals surface area (Å²) in [5.74, 6) is 1.34. The number of anilines is 1. The molecule has 2 fully saturated rings. The van der Waals surface area contributed by atoms with Gasteiger partial charge in [0.05, 0.1) is 4.92 Å². The van der Waals surface area contributed by atoms with Crippen LogP contribution in [-0.4, -0.2) is 77.4 Å². The highest BCUT2D eigenvalue weighted by Crippen LogP contribution is 2.22. The minimum Gasteiger partial charge on any atom is -0.484 e. The van der Waals surface area contributed by atoms with E-state index in [0.29, 0.717) is 63.7 Å². The fourth-order valence-corrected chi connectivity index (χ4v) is 4.22. The lowest BCUT2D eigenvalue weighted by Gasteiger charge is -2.39. The molecule has 0 aliphatic carbocycles. The molecular weight excluding hydrogens is 426 g/mol. The predicted molar refractivity (Wildman–Crippen MR) is 121 cm³/mol. The number of hydrogen-bond acceptors (Lipinski definition) is 7. The zero-order valence-electron chi connectivity index (χ0n) is 18.3. The van der Waals surface area contributed by atoms with Gasteiger partial charge in [0.2, 0.25) is 5.91 Å². The minimum atomic E-state index is -0.470. The molecule has 1 aromatic heterocycles. The molecule has 0 unspecified atom stereocenters. The summed E-state index contributed by atoms with van der Waals surface area (Å²) in [4.78, 5) is 45.6. The molecule has 174 valence electrons. The van der Waals surface area contributed by atoms with Gasteiger partial charge in [-0.3, -0.25) is 19.7 Å². The van der Waals surface area contributed by atoms with Crippen LogP contribution in [0.4, 0.5) is 11.5 Å². The molecule has 10 nitrogen and oxygen atoms in total. The molecule has 10 heteroatoms. The van der Waals surface area contributed by atoms with E-state index < -0.39 is 4.92 Å². The van der Waals surface area contributed by atoms with Gasteiger partial charge in [-0.1, -0.05) is 18.2 Å². The zero-order valence-corrected chi connectivity index (χ0v) is 18.3. The number of carbonyl (C=O) groups is 2. The van der Waals surface area contributed by atoms with Crippen molar-refractivity contribution in [3.05, 3.63) is 58.8 Å². The van der Waals surface area contributed by atoms with E-state index in [-0.39, 0.29) is 30.0 Å². The first-order valence-corrected chi connectivity index (χ1v) is 11.1. The van der Waals surface area contributed by atoms with Crippen LogP contribution in [-0.2, 0) is 9.59 Å². The average Bonchev–Trinajstić information content (AvgIpc) is 2.87. The van der Waals surface area contributed by atoms with Crippen molar-refractivity contribution in [2.45, 2.75) is 12.8 Å². The third-order valence-corrected chi connectivity index (χ3v) is 6.16. The highest BCUT2D eigenvalue weighted by Gasteiger charge is 2.32. The van der Waals surface area contributed by atoms with Crippen LogP contribution < -0.4 is 9.64 Å². The van der Waals surface area contributed by atoms with Crippen molar-refractivity contribution in [1.29, 1.82) is 0 Å². The summed E-state index contributed by atoms with van der Waals surface area (Å²) in [6, 6.07) is 12.3. The second kappa shape index (κ2) is 10.3. The number of benzene rings is 1. The number of amides is 2. The number of para-hydroxylation sites is 1. The molecule has 2 aliphatic rings. The van der Waals surface area contributed by atoms with Gasteiger partial charge in [-0.05, 0) is 31.0 Å². The van der Waals surface area contributed by atoms with Gasteiger partial charge in [0.25, 0.3) is 11.6 Å². The van der Waals surface area contributed by atoms with Crippen molar-refractivity contribution in [2.75, 3.05) is 50.8 Å². The van der Waals surface area contributed by atoms with E-state index in [0.717, 1.165) is 0 Å². The number of piperazine rings is 1. The van der Waals surface area contributed by atoms with Crippen molar-refractivity contribution in [3.63, 3.8) is 0 Å². The number of carbonyl (C=O) groups excluding carboxylic acids is 2. The third-order valence-electron chi connectivity index (χ3n) is 6.16. The molecule has 1 aromatic carbocycles. The van der Waals surface area contributed by atoms with E-state index in [4.69, 9.17) is 4.74 Å². The number of pyridine rings is 1. The Morgan fingerprint density at radius 1 is 0.970 bits per heavy atom. The van der Waals surface area contributed by atoms with E-state index in [1.54, 1.807) is 11.0 Å². The molecule has 0 spiro atoms. The van der Waals surface area contributed by atoms with Gasteiger partial charge in [0, 0.05) is 51.3 Å². The standard InChI is InChI=1S/C23H27N5O5/c29-22(17-33-20-4-2-1-3-5-20)26-10-8-18(9-11-26)23(30)27-14-12-25(13-15-27)21-7-6-19(16-24-21)28(31)32/h1-7,16,18H,8-15,17H2. The Morgan fingerprint density at radius 2 is 1.67 bits per heavy atom. The topological polar surface area (TPSA) is 109 Å². The molecule has 2 aromatic rings. The van der Waals surface area contributed by atoms with Gasteiger partial charge in [-0.25, -0.2) is 4.98 Å². The van der Waals surface area contributed by atoms with Gasteiger partial charge in [-0.15, -0.1) is 0 Å². The Labute approximate surface area is 191 Å². The summed E-state index contributed by atoms with van der Waals surface area (Å²) in [7, 11) is 0. The first kappa shape index (κ1) is 22.5. The van der Waals surface area contributed by atoms with Crippen LogP contribution in [0.25, 0.3) is 0 Å². The smallest absolute Gasteiger partial charge is 0.287 e. The van der Waals surface area contributed by atoms with Crippen molar-refractivity contribution in [1.82, 2.24) is 14.8 Å². The molecule has 3 heterocycles. The Balaban J connectivity index is 1.21. The molecule has 0 N–H and O–H groups in total. The first-order valence-electron chi connectivity index (χ1n) is 11.1. The van der Waals surface area contributed by atoms with E-state index in [1.165, 1.54) is 12.3 Å². The SMILES string of the molecule is O=C(COc1ccccc1)N1CCC(C(=O)N2CCN(c3ccc([N+](=O)[O-])cn3)CC2)CC1. The maximum absolute atomic E-state index is 13.0. The van der Waals surface area contributed by atoms with Crippen LogP contribution in [0.1, 0.15) is 12.8 Å². The van der Waals surface area contributed by atoms with Crippen LogP contribution >= 0.6 is 0 Å². The summed E-state index contributed by atoms with van der Waals surface area (Å²) in [6.07, 6.45) is 2.56. The van der Waals surface area contributed by atoms with Crippen molar-refractivity contribution >= 4 is 23.3 Å². The second-order valence-electron chi connectivity index (χ2n) is 8.20. The van der Waals surface area contributed by atoms with E-state index in [9.17, 15) is 19.7 Å². The monoisotopic (exact) mass is 453 g/mol. The summed E-state index contributed by atoms with van der Waals surface area (Å²) < 4.78 is 5.55. The number of nitro groups is 1. The lowest BCUT2D eigenvalue weighted by Crippen LogP contribution is -2.52. The third kappa shape index (κ3) is 5.57. The molecule has 0 saturated carbocycles. The Bertz CT molecular complexity index is 968. The Morgan fingerprint density at radius 3 is 2.27 bits per heavy atom. The molecular formula is C23H27N5O5. The molecule has 0 radical (unpaired) electrons. The summed E-state index contributed by atoms with van der Waals surface area (Å²) >= 11 is 0. The maximum Gasteiger partial charge on any atom is 0.287 e. The quantitative estimate of drug-likeness (QED) is 0.486. The number of ether oxygens (including phenoxy) is 1. The highest BCUT2D eigenvalue weighted by molar-refractivity contribution is 5.81. The van der Waals surface area contributed by atoms with Gasteiger partial charge in [0.1, 0.15) is 17.8 Å². The number of rotatable bonds is 6. The van der Waals surface area contributed by atoms with Crippen LogP contribution in [0, 0.1) is 16.0 Å². The Kier molecular flexibility index (Phi) is 7.01. The number of aromatic nitrogens is 1. The number of likely N-dealkylation sites (tertiary alicyclic amines) is 1. The molecule has 2 amide bonds. The molecule has 0 bridgehead atoms. The lowest BCUT2D eigenvalue weighted by atomic mass is 9.95. The van der Waals surface area contributed by atoms with Crippen molar-refractivity contribution < 1.29 is 19.2 Å². The maximum atomic E-state index is 13.0. The summed E-state index contributed by atoms with van der Waals surface area (Å²) in [6.45, 7) is 3.54. The van der Waals surface area contributed by atoms with Gasteiger partial charge in [-0.2, -0.15) is 0 Å². The zero-order chi connectivity index (χ0) is 23.2. The Hall–Kier alpha value is -3.69. The first-order chi connectivity index (χ1) is 16.0.